The maximum atomic E-state index is 11.6. The van der Waals surface area contributed by atoms with Crippen LogP contribution in [-0.2, 0) is 13.0 Å². The first-order valence-electron chi connectivity index (χ1n) is 9.58. The molecule has 1 aliphatic rings. The molecule has 1 aliphatic heterocycles. The van der Waals surface area contributed by atoms with E-state index < -0.39 is 0 Å². The van der Waals surface area contributed by atoms with Crippen LogP contribution in [0.2, 0.25) is 0 Å². The van der Waals surface area contributed by atoms with Crippen LogP contribution in [0, 0.1) is 10.1 Å². The molecule has 1 atom stereocenters. The van der Waals surface area contributed by atoms with Gasteiger partial charge in [0.05, 0.1) is 12.0 Å². The fourth-order valence-corrected chi connectivity index (χ4v) is 4.23. The summed E-state index contributed by atoms with van der Waals surface area (Å²) in [6.45, 7) is 3.59. The third-order valence-electron chi connectivity index (χ3n) is 5.78. The van der Waals surface area contributed by atoms with Crippen molar-refractivity contribution in [2.75, 3.05) is 13.7 Å². The van der Waals surface area contributed by atoms with Gasteiger partial charge in [-0.15, -0.1) is 0 Å². The highest BCUT2D eigenvalue weighted by Gasteiger charge is 2.32. The molecule has 1 unspecified atom stereocenters. The van der Waals surface area contributed by atoms with Gasteiger partial charge in [0.15, 0.2) is 5.75 Å². The quantitative estimate of drug-likeness (QED) is 0.359. The van der Waals surface area contributed by atoms with Crippen LogP contribution in [0.5, 0.6) is 5.75 Å². The molecule has 6 heteroatoms. The van der Waals surface area contributed by atoms with E-state index in [1.165, 1.54) is 12.7 Å². The van der Waals surface area contributed by atoms with E-state index in [4.69, 9.17) is 4.74 Å². The predicted octanol–water partition coefficient (Wildman–Crippen LogP) is 4.69. The molecule has 0 spiro atoms. The van der Waals surface area contributed by atoms with Crippen LogP contribution in [0.25, 0.3) is 10.8 Å². The van der Waals surface area contributed by atoms with E-state index in [0.29, 0.717) is 17.7 Å². The van der Waals surface area contributed by atoms with Crippen LogP contribution in [0.4, 0.5) is 5.69 Å². The number of hydrogen-bond donors (Lipinski definition) is 0. The largest absolute Gasteiger partial charge is 0.490 e. The van der Waals surface area contributed by atoms with E-state index >= 15 is 0 Å². The van der Waals surface area contributed by atoms with Crippen LogP contribution in [0.3, 0.4) is 0 Å². The Hall–Kier alpha value is -3.25. The monoisotopic (exact) mass is 390 g/mol. The Labute approximate surface area is 168 Å². The lowest BCUT2D eigenvalue weighted by molar-refractivity contribution is -0.386. The van der Waals surface area contributed by atoms with Gasteiger partial charge in [-0.05, 0) is 53.4 Å². The lowest BCUT2D eigenvalue weighted by Gasteiger charge is -2.35. The van der Waals surface area contributed by atoms with Crippen molar-refractivity contribution in [2.24, 2.45) is 0 Å². The number of nitro groups is 1. The first-order chi connectivity index (χ1) is 14.0. The topological polar surface area (TPSA) is 72.7 Å². The van der Waals surface area contributed by atoms with Crippen molar-refractivity contribution in [3.05, 3.63) is 80.9 Å². The number of nitrogens with zero attached hydrogens (tertiary/aromatic N) is 2. The summed E-state index contributed by atoms with van der Waals surface area (Å²) in [5, 5.41) is 13.7. The number of benzene rings is 3. The summed E-state index contributed by atoms with van der Waals surface area (Å²) in [4.78, 5) is 24.6. The maximum absolute atomic E-state index is 11.6. The molecule has 3 aromatic carbocycles. The second-order valence-corrected chi connectivity index (χ2v) is 7.40. The minimum atomic E-state index is -0.336. The Morgan fingerprint density at radius 3 is 2.66 bits per heavy atom. The third kappa shape index (κ3) is 3.47. The summed E-state index contributed by atoms with van der Waals surface area (Å²) >= 11 is 0. The Bertz CT molecular complexity index is 1110. The molecular formula is C23H22N2O4. The number of ether oxygens (including phenoxy) is 1. The third-order valence-corrected chi connectivity index (χ3v) is 5.78. The van der Waals surface area contributed by atoms with Crippen molar-refractivity contribution in [1.29, 1.82) is 0 Å². The molecule has 0 amide bonds. The van der Waals surface area contributed by atoms with E-state index in [9.17, 15) is 14.9 Å². The van der Waals surface area contributed by atoms with Crippen molar-refractivity contribution >= 4 is 22.7 Å². The number of hydrogen-bond acceptors (Lipinski definition) is 5. The molecule has 0 bridgehead atoms. The van der Waals surface area contributed by atoms with Gasteiger partial charge in [-0.3, -0.25) is 19.8 Å². The van der Waals surface area contributed by atoms with Crippen LogP contribution in [0.1, 0.15) is 40.0 Å². The second-order valence-electron chi connectivity index (χ2n) is 7.40. The number of carbonyl (C=O) groups excluding carboxylic acids is 1. The number of methoxy groups -OCH3 is 1. The van der Waals surface area contributed by atoms with Gasteiger partial charge in [0.2, 0.25) is 0 Å². The van der Waals surface area contributed by atoms with Crippen molar-refractivity contribution < 1.29 is 14.5 Å². The molecule has 29 heavy (non-hydrogen) atoms. The van der Waals surface area contributed by atoms with E-state index in [2.05, 4.69) is 24.0 Å². The van der Waals surface area contributed by atoms with Crippen molar-refractivity contribution in [1.82, 2.24) is 4.90 Å². The molecule has 0 radical (unpaired) electrons. The number of carbonyl (C=O) groups is 1. The molecule has 0 N–H and O–H groups in total. The normalized spacial score (nSPS) is 16.4. The predicted molar refractivity (Wildman–Crippen MR) is 112 cm³/mol. The Morgan fingerprint density at radius 2 is 1.93 bits per heavy atom. The van der Waals surface area contributed by atoms with Gasteiger partial charge in [-0.2, -0.15) is 0 Å². The summed E-state index contributed by atoms with van der Waals surface area (Å²) in [5.41, 5.74) is 3.70. The molecule has 4 rings (SSSR count). The molecule has 0 aliphatic carbocycles. The molecule has 0 fully saturated rings. The highest BCUT2D eigenvalue weighted by molar-refractivity contribution is 5.89. The summed E-state index contributed by atoms with van der Waals surface area (Å²) in [5.74, 6) is 0.318. The van der Waals surface area contributed by atoms with Crippen molar-refractivity contribution in [3.63, 3.8) is 0 Å². The van der Waals surface area contributed by atoms with Crippen LogP contribution in [0.15, 0.2) is 48.5 Å². The molecule has 148 valence electrons. The van der Waals surface area contributed by atoms with E-state index in [-0.39, 0.29) is 16.7 Å². The molecule has 6 nitrogen and oxygen atoms in total. The molecular weight excluding hydrogens is 368 g/mol. The van der Waals surface area contributed by atoms with Gasteiger partial charge in [-0.25, -0.2) is 0 Å². The van der Waals surface area contributed by atoms with Crippen LogP contribution >= 0.6 is 0 Å². The van der Waals surface area contributed by atoms with Gasteiger partial charge in [-0.1, -0.05) is 30.3 Å². The van der Waals surface area contributed by atoms with E-state index in [1.54, 1.807) is 6.07 Å². The zero-order valence-electron chi connectivity index (χ0n) is 16.4. The number of nitro benzene ring substituents is 1. The highest BCUT2D eigenvalue weighted by atomic mass is 16.6. The zero-order chi connectivity index (χ0) is 20.5. The Morgan fingerprint density at radius 1 is 1.17 bits per heavy atom. The zero-order valence-corrected chi connectivity index (χ0v) is 16.4. The van der Waals surface area contributed by atoms with E-state index in [0.717, 1.165) is 41.3 Å². The standard InChI is InChI=1S/C23H22N2O4/c1-15-20-7-8-22(29-2)23(25(27)28)21(20)9-10-24(15)13-16-3-5-19-12-17(14-26)4-6-18(19)11-16/h3-8,11-12,14-15H,9-10,13H2,1-2H3. The fraction of sp³-hybridized carbons (Fsp3) is 0.261. The summed E-state index contributed by atoms with van der Waals surface area (Å²) < 4.78 is 5.21. The summed E-state index contributed by atoms with van der Waals surface area (Å²) in [6, 6.07) is 15.6. The summed E-state index contributed by atoms with van der Waals surface area (Å²) in [6.07, 6.45) is 1.47. The smallest absolute Gasteiger partial charge is 0.314 e. The van der Waals surface area contributed by atoms with Crippen LogP contribution in [-0.4, -0.2) is 29.8 Å². The average Bonchev–Trinajstić information content (AvgIpc) is 2.74. The van der Waals surface area contributed by atoms with Crippen molar-refractivity contribution in [2.45, 2.75) is 25.9 Å². The van der Waals surface area contributed by atoms with Gasteiger partial charge in [0, 0.05) is 30.3 Å². The molecule has 1 heterocycles. The number of aldehydes is 1. The van der Waals surface area contributed by atoms with Gasteiger partial charge in [0.25, 0.3) is 0 Å². The van der Waals surface area contributed by atoms with Crippen LogP contribution < -0.4 is 4.74 Å². The molecule has 0 saturated heterocycles. The number of rotatable bonds is 5. The Kier molecular flexibility index (Phi) is 5.03. The molecule has 0 saturated carbocycles. The minimum absolute atomic E-state index is 0.0662. The highest BCUT2D eigenvalue weighted by Crippen LogP contribution is 2.40. The molecule has 0 aromatic heterocycles. The molecule has 3 aromatic rings. The first-order valence-corrected chi connectivity index (χ1v) is 9.58. The minimum Gasteiger partial charge on any atom is -0.490 e. The summed E-state index contributed by atoms with van der Waals surface area (Å²) in [7, 11) is 1.46. The Balaban J connectivity index is 1.62. The number of fused-ring (bicyclic) bond motifs is 2. The second kappa shape index (κ2) is 7.64. The van der Waals surface area contributed by atoms with Gasteiger partial charge in [0.1, 0.15) is 6.29 Å². The first kappa shape index (κ1) is 19.1. The van der Waals surface area contributed by atoms with E-state index in [1.807, 2.05) is 30.3 Å². The average molecular weight is 390 g/mol. The SMILES string of the molecule is COc1ccc2c(c1[N+](=O)[O-])CCN(Cc1ccc3cc(C=O)ccc3c1)C2C. The maximum Gasteiger partial charge on any atom is 0.314 e. The lowest BCUT2D eigenvalue weighted by atomic mass is 9.91. The van der Waals surface area contributed by atoms with Gasteiger partial charge < -0.3 is 4.74 Å². The fourth-order valence-electron chi connectivity index (χ4n) is 4.23. The van der Waals surface area contributed by atoms with Gasteiger partial charge >= 0.3 is 5.69 Å². The lowest BCUT2D eigenvalue weighted by Crippen LogP contribution is -2.33. The van der Waals surface area contributed by atoms with Crippen molar-refractivity contribution in [3.8, 4) is 5.75 Å².